The maximum absolute atomic E-state index is 13.4. The van der Waals surface area contributed by atoms with Crippen LogP contribution in [0.25, 0.3) is 0 Å². The summed E-state index contributed by atoms with van der Waals surface area (Å²) in [6, 6.07) is 0.423. The van der Waals surface area contributed by atoms with Gasteiger partial charge in [-0.3, -0.25) is 4.79 Å². The second-order valence-corrected chi connectivity index (χ2v) is 4.74. The van der Waals surface area contributed by atoms with Crippen LogP contribution in [0.4, 0.5) is 18.9 Å². The Morgan fingerprint density at radius 1 is 1.37 bits per heavy atom. The van der Waals surface area contributed by atoms with Crippen LogP contribution in [0.5, 0.6) is 0 Å². The van der Waals surface area contributed by atoms with Crippen molar-refractivity contribution in [1.82, 2.24) is 0 Å². The highest BCUT2D eigenvalue weighted by atomic mass is 19.2. The lowest BCUT2D eigenvalue weighted by Gasteiger charge is -2.25. The van der Waals surface area contributed by atoms with Crippen LogP contribution >= 0.6 is 0 Å². The Bertz CT molecular complexity index is 524. The van der Waals surface area contributed by atoms with Crippen molar-refractivity contribution in [2.24, 2.45) is 11.1 Å². The molecule has 19 heavy (non-hydrogen) atoms. The van der Waals surface area contributed by atoms with E-state index in [1.54, 1.807) is 6.92 Å². The predicted octanol–water partition coefficient (Wildman–Crippen LogP) is 1.41. The summed E-state index contributed by atoms with van der Waals surface area (Å²) in [4.78, 5) is 12.0. The molecule has 0 spiro atoms. The Kier molecular flexibility index (Phi) is 3.51. The second kappa shape index (κ2) is 4.82. The fourth-order valence-corrected chi connectivity index (χ4v) is 1.81. The number of nitrogens with two attached hydrogens (primary N) is 1. The first-order valence-electron chi connectivity index (χ1n) is 5.64. The zero-order chi connectivity index (χ0) is 14.2. The zero-order valence-corrected chi connectivity index (χ0v) is 10.2. The van der Waals surface area contributed by atoms with Crippen LogP contribution in [-0.2, 0) is 9.53 Å². The van der Waals surface area contributed by atoms with Gasteiger partial charge in [-0.05, 0) is 6.92 Å². The molecule has 2 rings (SSSR count). The average molecular weight is 274 g/mol. The van der Waals surface area contributed by atoms with Crippen LogP contribution in [0.2, 0.25) is 0 Å². The Balaban J connectivity index is 2.22. The Morgan fingerprint density at radius 2 is 2.00 bits per heavy atom. The van der Waals surface area contributed by atoms with Crippen LogP contribution in [0.1, 0.15) is 6.92 Å². The number of hydrogen-bond donors (Lipinski definition) is 2. The van der Waals surface area contributed by atoms with Gasteiger partial charge in [-0.25, -0.2) is 13.2 Å². The third kappa shape index (κ3) is 2.43. The van der Waals surface area contributed by atoms with Crippen molar-refractivity contribution in [2.75, 3.05) is 18.5 Å². The summed E-state index contributed by atoms with van der Waals surface area (Å²) in [5, 5.41) is 2.21. The lowest BCUT2D eigenvalue weighted by atomic mass is 9.85. The SMILES string of the molecule is CC1(C(=O)Nc2cc(F)c(F)cc2F)COCC1N. The van der Waals surface area contributed by atoms with Gasteiger partial charge in [-0.2, -0.15) is 0 Å². The number of carbonyl (C=O) groups is 1. The van der Waals surface area contributed by atoms with Gasteiger partial charge in [0.05, 0.1) is 24.3 Å². The van der Waals surface area contributed by atoms with E-state index in [1.807, 2.05) is 0 Å². The lowest BCUT2D eigenvalue weighted by Crippen LogP contribution is -2.47. The standard InChI is InChI=1S/C12H13F3N2O2/c1-12(5-19-4-10(12)16)11(18)17-9-3-7(14)6(13)2-8(9)15/h2-3,10H,4-5,16H2,1H3,(H,17,18). The second-order valence-electron chi connectivity index (χ2n) is 4.74. The highest BCUT2D eigenvalue weighted by molar-refractivity contribution is 5.96. The molecule has 1 aromatic carbocycles. The van der Waals surface area contributed by atoms with Crippen LogP contribution in [0, 0.1) is 22.9 Å². The summed E-state index contributed by atoms with van der Waals surface area (Å²) in [5.74, 6) is -4.21. The fourth-order valence-electron chi connectivity index (χ4n) is 1.81. The Hall–Kier alpha value is -1.60. The molecule has 0 aliphatic carbocycles. The Morgan fingerprint density at radius 3 is 2.58 bits per heavy atom. The first kappa shape index (κ1) is 13.8. The fraction of sp³-hybridized carbons (Fsp3) is 0.417. The van der Waals surface area contributed by atoms with Gasteiger partial charge in [0.25, 0.3) is 0 Å². The highest BCUT2D eigenvalue weighted by Gasteiger charge is 2.44. The van der Waals surface area contributed by atoms with Crippen molar-refractivity contribution in [3.8, 4) is 0 Å². The minimum absolute atomic E-state index is 0.0886. The van der Waals surface area contributed by atoms with Crippen molar-refractivity contribution in [3.63, 3.8) is 0 Å². The molecule has 1 saturated heterocycles. The van der Waals surface area contributed by atoms with Crippen LogP contribution < -0.4 is 11.1 Å². The molecular formula is C12H13F3N2O2. The van der Waals surface area contributed by atoms with E-state index in [1.165, 1.54) is 0 Å². The smallest absolute Gasteiger partial charge is 0.234 e. The van der Waals surface area contributed by atoms with Crippen molar-refractivity contribution in [1.29, 1.82) is 0 Å². The first-order valence-corrected chi connectivity index (χ1v) is 5.64. The molecule has 1 aromatic rings. The summed E-state index contributed by atoms with van der Waals surface area (Å²) >= 11 is 0. The van der Waals surface area contributed by atoms with Gasteiger partial charge < -0.3 is 15.8 Å². The van der Waals surface area contributed by atoms with Gasteiger partial charge in [0.2, 0.25) is 5.91 Å². The molecule has 4 nitrogen and oxygen atoms in total. The number of rotatable bonds is 2. The van der Waals surface area contributed by atoms with E-state index in [-0.39, 0.29) is 13.2 Å². The van der Waals surface area contributed by atoms with Crippen molar-refractivity contribution in [3.05, 3.63) is 29.6 Å². The first-order chi connectivity index (χ1) is 8.84. The van der Waals surface area contributed by atoms with Crippen LogP contribution in [-0.4, -0.2) is 25.2 Å². The van der Waals surface area contributed by atoms with Crippen molar-refractivity contribution in [2.45, 2.75) is 13.0 Å². The minimum atomic E-state index is -1.32. The maximum Gasteiger partial charge on any atom is 0.234 e. The molecule has 104 valence electrons. The predicted molar refractivity (Wildman–Crippen MR) is 61.8 cm³/mol. The molecule has 0 aromatic heterocycles. The molecule has 1 amide bonds. The number of ether oxygens (including phenoxy) is 1. The van der Waals surface area contributed by atoms with E-state index >= 15 is 0 Å². The molecular weight excluding hydrogens is 261 g/mol. The number of nitrogens with one attached hydrogen (secondary N) is 1. The van der Waals surface area contributed by atoms with Crippen molar-refractivity contribution >= 4 is 11.6 Å². The number of carbonyl (C=O) groups excluding carboxylic acids is 1. The van der Waals surface area contributed by atoms with E-state index in [2.05, 4.69) is 5.32 Å². The summed E-state index contributed by atoms with van der Waals surface area (Å²) < 4.78 is 44.3. The number of benzene rings is 1. The normalized spacial score (nSPS) is 26.5. The minimum Gasteiger partial charge on any atom is -0.379 e. The van der Waals surface area contributed by atoms with Crippen molar-refractivity contribution < 1.29 is 22.7 Å². The quantitative estimate of drug-likeness (QED) is 0.801. The van der Waals surface area contributed by atoms with Gasteiger partial charge in [-0.15, -0.1) is 0 Å². The zero-order valence-electron chi connectivity index (χ0n) is 10.2. The van der Waals surface area contributed by atoms with Crippen LogP contribution in [0.3, 0.4) is 0 Å². The number of halogens is 3. The highest BCUT2D eigenvalue weighted by Crippen LogP contribution is 2.29. The Labute approximate surface area is 107 Å². The molecule has 0 saturated carbocycles. The third-order valence-corrected chi connectivity index (χ3v) is 3.29. The van der Waals surface area contributed by atoms with Crippen LogP contribution in [0.15, 0.2) is 12.1 Å². The monoisotopic (exact) mass is 274 g/mol. The van der Waals surface area contributed by atoms with E-state index in [0.717, 1.165) is 0 Å². The molecule has 7 heteroatoms. The summed E-state index contributed by atoms with van der Waals surface area (Å²) in [7, 11) is 0. The molecule has 0 radical (unpaired) electrons. The molecule has 1 fully saturated rings. The van der Waals surface area contributed by atoms with E-state index in [4.69, 9.17) is 10.5 Å². The van der Waals surface area contributed by atoms with Gasteiger partial charge in [0.15, 0.2) is 11.6 Å². The topological polar surface area (TPSA) is 64.3 Å². The molecule has 1 aliphatic heterocycles. The maximum atomic E-state index is 13.4. The summed E-state index contributed by atoms with van der Waals surface area (Å²) in [5.41, 5.74) is 4.29. The van der Waals surface area contributed by atoms with Gasteiger partial charge >= 0.3 is 0 Å². The molecule has 3 N–H and O–H groups in total. The van der Waals surface area contributed by atoms with E-state index in [0.29, 0.717) is 12.1 Å². The molecule has 2 atom stereocenters. The number of hydrogen-bond acceptors (Lipinski definition) is 3. The van der Waals surface area contributed by atoms with E-state index < -0.39 is 40.5 Å². The van der Waals surface area contributed by atoms with Gasteiger partial charge in [0, 0.05) is 18.2 Å². The molecule has 1 aliphatic rings. The molecule has 0 bridgehead atoms. The van der Waals surface area contributed by atoms with E-state index in [9.17, 15) is 18.0 Å². The lowest BCUT2D eigenvalue weighted by molar-refractivity contribution is -0.125. The molecule has 1 heterocycles. The average Bonchev–Trinajstić information content (AvgIpc) is 2.68. The number of anilines is 1. The number of amides is 1. The van der Waals surface area contributed by atoms with Gasteiger partial charge in [0.1, 0.15) is 5.82 Å². The largest absolute Gasteiger partial charge is 0.379 e. The summed E-state index contributed by atoms with van der Waals surface area (Å²) in [6.45, 7) is 1.87. The summed E-state index contributed by atoms with van der Waals surface area (Å²) in [6.07, 6.45) is 0. The van der Waals surface area contributed by atoms with Gasteiger partial charge in [-0.1, -0.05) is 0 Å². The molecule has 2 unspecified atom stereocenters. The third-order valence-electron chi connectivity index (χ3n) is 3.29.